The summed E-state index contributed by atoms with van der Waals surface area (Å²) in [5.41, 5.74) is 9.74. The quantitative estimate of drug-likeness (QED) is 0.397. The highest BCUT2D eigenvalue weighted by molar-refractivity contribution is 6.50. The van der Waals surface area contributed by atoms with Gasteiger partial charge in [-0.2, -0.15) is 0 Å². The maximum Gasteiger partial charge on any atom is 0.259 e. The Morgan fingerprint density at radius 3 is 2.23 bits per heavy atom. The SMILES string of the molecule is Cn1cc(C2=C(c3cn([C@@H]4C[C@@H](O)C[C@@H](CN)O4)c4ccccc34)C(=O)NC2=O)c2ccccc21. The van der Waals surface area contributed by atoms with E-state index in [4.69, 9.17) is 10.5 Å². The van der Waals surface area contributed by atoms with Crippen LogP contribution in [-0.4, -0.2) is 44.8 Å². The van der Waals surface area contributed by atoms with Gasteiger partial charge in [0.15, 0.2) is 0 Å². The second kappa shape index (κ2) is 8.20. The molecule has 3 atom stereocenters. The van der Waals surface area contributed by atoms with Crippen LogP contribution < -0.4 is 11.1 Å². The molecular weight excluding hydrogens is 444 g/mol. The van der Waals surface area contributed by atoms with E-state index in [1.54, 1.807) is 0 Å². The average Bonchev–Trinajstić information content (AvgIpc) is 3.49. The summed E-state index contributed by atoms with van der Waals surface area (Å²) in [5, 5.41) is 14.7. The Morgan fingerprint density at radius 1 is 0.943 bits per heavy atom. The van der Waals surface area contributed by atoms with Gasteiger partial charge in [0, 0.05) is 66.2 Å². The maximum atomic E-state index is 13.2. The van der Waals surface area contributed by atoms with Gasteiger partial charge in [-0.15, -0.1) is 0 Å². The lowest BCUT2D eigenvalue weighted by Crippen LogP contribution is -2.37. The molecule has 4 N–H and O–H groups in total. The van der Waals surface area contributed by atoms with Crippen LogP contribution >= 0.6 is 0 Å². The zero-order chi connectivity index (χ0) is 24.3. The van der Waals surface area contributed by atoms with Crippen molar-refractivity contribution < 1.29 is 19.4 Å². The number of nitrogens with one attached hydrogen (secondary N) is 1. The highest BCUT2D eigenvalue weighted by Gasteiger charge is 2.36. The lowest BCUT2D eigenvalue weighted by atomic mass is 9.95. The fraction of sp³-hybridized carbons (Fsp3) is 0.259. The minimum atomic E-state index is -0.534. The fourth-order valence-corrected chi connectivity index (χ4v) is 5.45. The molecule has 4 aromatic rings. The molecule has 0 saturated carbocycles. The van der Waals surface area contributed by atoms with E-state index in [0.717, 1.165) is 21.8 Å². The summed E-state index contributed by atoms with van der Waals surface area (Å²) in [6.45, 7) is 0.312. The first-order valence-corrected chi connectivity index (χ1v) is 11.7. The van der Waals surface area contributed by atoms with E-state index in [1.165, 1.54) is 0 Å². The molecule has 0 spiro atoms. The molecule has 0 radical (unpaired) electrons. The second-order valence-electron chi connectivity index (χ2n) is 9.24. The Hall–Kier alpha value is -3.72. The van der Waals surface area contributed by atoms with E-state index < -0.39 is 24.1 Å². The number of aliphatic hydroxyl groups excluding tert-OH is 1. The number of hydrogen-bond acceptors (Lipinski definition) is 5. The lowest BCUT2D eigenvalue weighted by Gasteiger charge is -2.33. The van der Waals surface area contributed by atoms with E-state index >= 15 is 0 Å². The number of nitrogens with zero attached hydrogens (tertiary/aromatic N) is 2. The van der Waals surface area contributed by atoms with Gasteiger partial charge in [0.2, 0.25) is 0 Å². The monoisotopic (exact) mass is 470 g/mol. The van der Waals surface area contributed by atoms with Crippen molar-refractivity contribution in [2.45, 2.75) is 31.3 Å². The first kappa shape index (κ1) is 21.8. The van der Waals surface area contributed by atoms with Crippen molar-refractivity contribution in [3.05, 3.63) is 72.1 Å². The number of ether oxygens (including phenoxy) is 1. The standard InChI is InChI=1S/C27H26N4O4/c1-30-13-19(17-6-2-4-8-21(17)30)24-25(27(34)29-26(24)33)20-14-31(22-9-5-3-7-18(20)22)23-11-15(32)10-16(12-28)35-23/h2-9,13-16,23,32H,10-12,28H2,1H3,(H,29,33,34)/t15-,16-,23-/m0/s1. The molecule has 1 saturated heterocycles. The number of benzene rings is 2. The van der Waals surface area contributed by atoms with Gasteiger partial charge in [-0.3, -0.25) is 14.9 Å². The maximum absolute atomic E-state index is 13.2. The number of aliphatic hydroxyl groups is 1. The number of imide groups is 1. The third-order valence-corrected chi connectivity index (χ3v) is 7.04. The summed E-state index contributed by atoms with van der Waals surface area (Å²) >= 11 is 0. The Bertz CT molecular complexity index is 1530. The number of nitrogens with two attached hydrogens (primary N) is 1. The van der Waals surface area contributed by atoms with Crippen LogP contribution in [0.4, 0.5) is 0 Å². The molecule has 2 aromatic heterocycles. The molecule has 178 valence electrons. The third kappa shape index (κ3) is 3.41. The van der Waals surface area contributed by atoms with E-state index in [2.05, 4.69) is 5.32 Å². The molecule has 4 heterocycles. The van der Waals surface area contributed by atoms with Crippen LogP contribution in [0.3, 0.4) is 0 Å². The van der Waals surface area contributed by atoms with Gasteiger partial charge < -0.3 is 24.7 Å². The molecule has 2 aliphatic rings. The molecule has 8 nitrogen and oxygen atoms in total. The number of carbonyl (C=O) groups is 2. The van der Waals surface area contributed by atoms with Gasteiger partial charge in [0.25, 0.3) is 11.8 Å². The summed E-state index contributed by atoms with van der Waals surface area (Å²) in [7, 11) is 1.92. The van der Waals surface area contributed by atoms with Crippen LogP contribution in [0.2, 0.25) is 0 Å². The zero-order valence-electron chi connectivity index (χ0n) is 19.3. The molecule has 8 heteroatoms. The van der Waals surface area contributed by atoms with E-state index in [-0.39, 0.29) is 6.10 Å². The number of carbonyl (C=O) groups excluding carboxylic acids is 2. The minimum absolute atomic E-state index is 0.254. The normalized spacial score (nSPS) is 23.0. The van der Waals surface area contributed by atoms with Gasteiger partial charge in [-0.05, 0) is 12.1 Å². The van der Waals surface area contributed by atoms with Gasteiger partial charge in [0.05, 0.1) is 28.9 Å². The fourth-order valence-electron chi connectivity index (χ4n) is 5.45. The smallest absolute Gasteiger partial charge is 0.259 e. The summed E-state index contributed by atoms with van der Waals surface area (Å²) < 4.78 is 10.1. The molecular formula is C27H26N4O4. The summed E-state index contributed by atoms with van der Waals surface area (Å²) in [4.78, 5) is 26.3. The second-order valence-corrected chi connectivity index (χ2v) is 9.24. The number of amides is 2. The predicted molar refractivity (Wildman–Crippen MR) is 133 cm³/mol. The van der Waals surface area contributed by atoms with Crippen molar-refractivity contribution in [1.82, 2.24) is 14.5 Å². The van der Waals surface area contributed by atoms with Gasteiger partial charge in [0.1, 0.15) is 6.23 Å². The number of aromatic nitrogens is 2. The van der Waals surface area contributed by atoms with Crippen molar-refractivity contribution in [3.8, 4) is 0 Å². The summed E-state index contributed by atoms with van der Waals surface area (Å²) in [6.07, 6.45) is 3.43. The third-order valence-electron chi connectivity index (χ3n) is 7.04. The van der Waals surface area contributed by atoms with Crippen LogP contribution in [0.15, 0.2) is 60.9 Å². The van der Waals surface area contributed by atoms with Gasteiger partial charge >= 0.3 is 0 Å². The van der Waals surface area contributed by atoms with E-state index in [9.17, 15) is 14.7 Å². The lowest BCUT2D eigenvalue weighted by molar-refractivity contribution is -0.123. The minimum Gasteiger partial charge on any atom is -0.393 e. The molecule has 2 aliphatic heterocycles. The first-order chi connectivity index (χ1) is 17.0. The Morgan fingerprint density at radius 2 is 1.54 bits per heavy atom. The number of hydrogen-bond donors (Lipinski definition) is 3. The van der Waals surface area contributed by atoms with E-state index in [1.807, 2.05) is 77.1 Å². The van der Waals surface area contributed by atoms with Crippen molar-refractivity contribution in [2.75, 3.05) is 6.54 Å². The predicted octanol–water partition coefficient (Wildman–Crippen LogP) is 2.70. The average molecular weight is 471 g/mol. The van der Waals surface area contributed by atoms with Crippen LogP contribution in [0.25, 0.3) is 33.0 Å². The van der Waals surface area contributed by atoms with Crippen molar-refractivity contribution >= 4 is 44.8 Å². The largest absolute Gasteiger partial charge is 0.393 e. The molecule has 35 heavy (non-hydrogen) atoms. The highest BCUT2D eigenvalue weighted by Crippen LogP contribution is 2.40. The highest BCUT2D eigenvalue weighted by atomic mass is 16.5. The Balaban J connectivity index is 1.58. The Labute approximate surface area is 201 Å². The number of rotatable bonds is 4. The molecule has 6 rings (SSSR count). The van der Waals surface area contributed by atoms with Crippen LogP contribution in [0.1, 0.15) is 30.2 Å². The molecule has 1 fully saturated rings. The number of aryl methyl sites for hydroxylation is 1. The van der Waals surface area contributed by atoms with Gasteiger partial charge in [-0.1, -0.05) is 36.4 Å². The van der Waals surface area contributed by atoms with Crippen LogP contribution in [0, 0.1) is 0 Å². The topological polar surface area (TPSA) is 112 Å². The van der Waals surface area contributed by atoms with Crippen LogP contribution in [0.5, 0.6) is 0 Å². The van der Waals surface area contributed by atoms with Crippen molar-refractivity contribution in [1.29, 1.82) is 0 Å². The zero-order valence-corrected chi connectivity index (χ0v) is 19.3. The van der Waals surface area contributed by atoms with Crippen LogP contribution in [-0.2, 0) is 21.4 Å². The Kier molecular flexibility index (Phi) is 5.10. The molecule has 2 aromatic carbocycles. The summed E-state index contributed by atoms with van der Waals surface area (Å²) in [6, 6.07) is 15.5. The molecule has 0 bridgehead atoms. The van der Waals surface area contributed by atoms with E-state index in [0.29, 0.717) is 41.7 Å². The van der Waals surface area contributed by atoms with Crippen molar-refractivity contribution in [2.24, 2.45) is 12.8 Å². The number of para-hydroxylation sites is 2. The first-order valence-electron chi connectivity index (χ1n) is 11.7. The number of fused-ring (bicyclic) bond motifs is 2. The molecule has 0 aliphatic carbocycles. The summed E-state index contributed by atoms with van der Waals surface area (Å²) in [5.74, 6) is -0.837. The van der Waals surface area contributed by atoms with Gasteiger partial charge in [-0.25, -0.2) is 0 Å². The molecule has 0 unspecified atom stereocenters. The molecule has 2 amide bonds. The van der Waals surface area contributed by atoms with Crippen molar-refractivity contribution in [3.63, 3.8) is 0 Å².